The minimum Gasteiger partial charge on any atom is -0.464 e. The van der Waals surface area contributed by atoms with Crippen LogP contribution in [0.5, 0.6) is 5.75 Å². The summed E-state index contributed by atoms with van der Waals surface area (Å²) in [5.74, 6) is 1.24. The van der Waals surface area contributed by atoms with Gasteiger partial charge in [-0.25, -0.2) is 0 Å². The van der Waals surface area contributed by atoms with Gasteiger partial charge in [0, 0.05) is 0 Å². The number of ether oxygens (including phenoxy) is 2. The molecule has 0 aliphatic heterocycles. The van der Waals surface area contributed by atoms with E-state index in [-0.39, 0.29) is 6.79 Å². The quantitative estimate of drug-likeness (QED) is 0.478. The van der Waals surface area contributed by atoms with Gasteiger partial charge in [-0.15, -0.1) is 0 Å². The zero-order chi connectivity index (χ0) is 10.7. The van der Waals surface area contributed by atoms with Crippen molar-refractivity contribution >= 4 is 17.3 Å². The summed E-state index contributed by atoms with van der Waals surface area (Å²) in [6.45, 7) is 0.981. The van der Waals surface area contributed by atoms with Crippen molar-refractivity contribution in [2.75, 3.05) is 19.1 Å². The summed E-state index contributed by atoms with van der Waals surface area (Å²) in [4.78, 5) is 0. The minimum absolute atomic E-state index is 0.213. The Hall–Kier alpha value is -0.930. The second kappa shape index (κ2) is 4.73. The van der Waals surface area contributed by atoms with E-state index >= 15 is 0 Å². The van der Waals surface area contributed by atoms with Crippen molar-refractivity contribution in [3.63, 3.8) is 0 Å². The van der Waals surface area contributed by atoms with Crippen LogP contribution in [0, 0.1) is 5.92 Å². The summed E-state index contributed by atoms with van der Waals surface area (Å²) < 4.78 is 10.7. The number of hydrogen-bond donors (Lipinski definition) is 1. The third-order valence-corrected chi connectivity index (χ3v) is 2.63. The molecule has 1 aliphatic carbocycles. The standard InChI is InChI=1S/C11H14ClNO2/c12-9-2-1-3-10(13)11(9)15-7-14-6-8-4-5-8/h1-3,8H,4-7,13H2. The first-order valence-electron chi connectivity index (χ1n) is 5.02. The van der Waals surface area contributed by atoms with Crippen LogP contribution in [0.1, 0.15) is 12.8 Å². The van der Waals surface area contributed by atoms with Crippen molar-refractivity contribution in [3.05, 3.63) is 23.2 Å². The fourth-order valence-electron chi connectivity index (χ4n) is 1.28. The molecule has 0 amide bonds. The molecule has 0 bridgehead atoms. The molecule has 0 spiro atoms. The summed E-state index contributed by atoms with van der Waals surface area (Å²) in [7, 11) is 0. The van der Waals surface area contributed by atoms with E-state index in [9.17, 15) is 0 Å². The third kappa shape index (κ3) is 3.01. The fourth-order valence-corrected chi connectivity index (χ4v) is 1.51. The summed E-state index contributed by atoms with van der Waals surface area (Å²) in [6, 6.07) is 5.28. The van der Waals surface area contributed by atoms with Gasteiger partial charge in [-0.2, -0.15) is 0 Å². The minimum atomic E-state index is 0.213. The van der Waals surface area contributed by atoms with Gasteiger partial charge in [0.15, 0.2) is 12.5 Å². The number of anilines is 1. The molecule has 2 N–H and O–H groups in total. The Balaban J connectivity index is 1.80. The van der Waals surface area contributed by atoms with Gasteiger partial charge < -0.3 is 15.2 Å². The molecule has 0 unspecified atom stereocenters. The fraction of sp³-hybridized carbons (Fsp3) is 0.455. The molecule has 0 atom stereocenters. The lowest BCUT2D eigenvalue weighted by Crippen LogP contribution is -2.06. The lowest BCUT2D eigenvalue weighted by atomic mass is 10.3. The maximum atomic E-state index is 5.92. The number of nitrogen functional groups attached to an aromatic ring is 1. The molecule has 3 nitrogen and oxygen atoms in total. The monoisotopic (exact) mass is 227 g/mol. The molecule has 1 fully saturated rings. The van der Waals surface area contributed by atoms with Crippen LogP contribution in [0.3, 0.4) is 0 Å². The molecular weight excluding hydrogens is 214 g/mol. The number of benzene rings is 1. The van der Waals surface area contributed by atoms with Crippen molar-refractivity contribution in [2.45, 2.75) is 12.8 Å². The zero-order valence-corrected chi connectivity index (χ0v) is 9.17. The number of nitrogens with two attached hydrogens (primary N) is 1. The zero-order valence-electron chi connectivity index (χ0n) is 8.41. The lowest BCUT2D eigenvalue weighted by molar-refractivity contribution is 0.0105. The van der Waals surface area contributed by atoms with Crippen LogP contribution >= 0.6 is 11.6 Å². The van der Waals surface area contributed by atoms with Gasteiger partial charge in [-0.1, -0.05) is 17.7 Å². The molecule has 0 radical (unpaired) electrons. The number of para-hydroxylation sites is 1. The Morgan fingerprint density at radius 1 is 1.40 bits per heavy atom. The molecule has 82 valence electrons. The molecule has 1 aliphatic rings. The van der Waals surface area contributed by atoms with E-state index < -0.39 is 0 Å². The van der Waals surface area contributed by atoms with E-state index in [0.29, 0.717) is 16.5 Å². The summed E-state index contributed by atoms with van der Waals surface area (Å²) in [5, 5.41) is 0.519. The number of halogens is 1. The normalized spacial score (nSPS) is 15.3. The Bertz CT molecular complexity index is 319. The highest BCUT2D eigenvalue weighted by atomic mass is 35.5. The van der Waals surface area contributed by atoms with E-state index in [1.165, 1.54) is 12.8 Å². The van der Waals surface area contributed by atoms with Gasteiger partial charge in [-0.3, -0.25) is 0 Å². The average Bonchev–Trinajstić information content (AvgIpc) is 3.00. The van der Waals surface area contributed by atoms with Crippen LogP contribution in [-0.2, 0) is 4.74 Å². The second-order valence-electron chi connectivity index (χ2n) is 3.73. The predicted molar refractivity (Wildman–Crippen MR) is 60.0 cm³/mol. The maximum absolute atomic E-state index is 5.92. The molecule has 0 aromatic heterocycles. The maximum Gasteiger partial charge on any atom is 0.189 e. The van der Waals surface area contributed by atoms with Crippen LogP contribution in [0.2, 0.25) is 5.02 Å². The lowest BCUT2D eigenvalue weighted by Gasteiger charge is -2.10. The van der Waals surface area contributed by atoms with Crippen molar-refractivity contribution in [1.82, 2.24) is 0 Å². The van der Waals surface area contributed by atoms with Gasteiger partial charge in [0.1, 0.15) is 0 Å². The Kier molecular flexibility index (Phi) is 3.34. The first-order valence-corrected chi connectivity index (χ1v) is 5.39. The molecule has 1 aromatic rings. The highest BCUT2D eigenvalue weighted by molar-refractivity contribution is 6.32. The Morgan fingerprint density at radius 2 is 2.20 bits per heavy atom. The Labute approximate surface area is 94.1 Å². The van der Waals surface area contributed by atoms with E-state index in [0.717, 1.165) is 12.5 Å². The van der Waals surface area contributed by atoms with Gasteiger partial charge in [0.2, 0.25) is 0 Å². The molecule has 0 heterocycles. The topological polar surface area (TPSA) is 44.5 Å². The number of hydrogen-bond acceptors (Lipinski definition) is 3. The van der Waals surface area contributed by atoms with Crippen molar-refractivity contribution in [2.24, 2.45) is 5.92 Å². The van der Waals surface area contributed by atoms with Crippen LogP contribution in [0.4, 0.5) is 5.69 Å². The van der Waals surface area contributed by atoms with Crippen LogP contribution in [0.25, 0.3) is 0 Å². The summed E-state index contributed by atoms with van der Waals surface area (Å²) >= 11 is 5.92. The van der Waals surface area contributed by atoms with Crippen LogP contribution < -0.4 is 10.5 Å². The molecule has 4 heteroatoms. The van der Waals surface area contributed by atoms with Gasteiger partial charge in [-0.05, 0) is 30.9 Å². The highest BCUT2D eigenvalue weighted by Crippen LogP contribution is 2.31. The van der Waals surface area contributed by atoms with Crippen LogP contribution in [-0.4, -0.2) is 13.4 Å². The van der Waals surface area contributed by atoms with E-state index in [1.54, 1.807) is 18.2 Å². The van der Waals surface area contributed by atoms with E-state index in [2.05, 4.69) is 0 Å². The number of rotatable bonds is 5. The first kappa shape index (κ1) is 10.6. The SMILES string of the molecule is Nc1cccc(Cl)c1OCOCC1CC1. The largest absolute Gasteiger partial charge is 0.464 e. The Morgan fingerprint density at radius 3 is 2.87 bits per heavy atom. The molecule has 2 rings (SSSR count). The van der Waals surface area contributed by atoms with Crippen molar-refractivity contribution < 1.29 is 9.47 Å². The molecule has 1 aromatic carbocycles. The van der Waals surface area contributed by atoms with Crippen molar-refractivity contribution in [1.29, 1.82) is 0 Å². The highest BCUT2D eigenvalue weighted by Gasteiger charge is 2.21. The predicted octanol–water partition coefficient (Wildman–Crippen LogP) is 2.69. The third-order valence-electron chi connectivity index (χ3n) is 2.33. The first-order chi connectivity index (χ1) is 7.27. The van der Waals surface area contributed by atoms with Crippen molar-refractivity contribution in [3.8, 4) is 5.75 Å². The van der Waals surface area contributed by atoms with Gasteiger partial charge >= 0.3 is 0 Å². The molecule has 15 heavy (non-hydrogen) atoms. The molecular formula is C11H14ClNO2. The van der Waals surface area contributed by atoms with E-state index in [1.807, 2.05) is 0 Å². The summed E-state index contributed by atoms with van der Waals surface area (Å²) in [5.41, 5.74) is 6.25. The van der Waals surface area contributed by atoms with Gasteiger partial charge in [0.25, 0.3) is 0 Å². The van der Waals surface area contributed by atoms with Gasteiger partial charge in [0.05, 0.1) is 17.3 Å². The molecule has 1 saturated carbocycles. The average molecular weight is 228 g/mol. The summed E-state index contributed by atoms with van der Waals surface area (Å²) in [6.07, 6.45) is 2.54. The smallest absolute Gasteiger partial charge is 0.189 e. The van der Waals surface area contributed by atoms with E-state index in [4.69, 9.17) is 26.8 Å². The second-order valence-corrected chi connectivity index (χ2v) is 4.14. The molecule has 0 saturated heterocycles. The van der Waals surface area contributed by atoms with Crippen LogP contribution in [0.15, 0.2) is 18.2 Å².